The van der Waals surface area contributed by atoms with E-state index in [9.17, 15) is 14.4 Å². The molecular formula is C20H26N2O4. The highest BCUT2D eigenvalue weighted by molar-refractivity contribution is 6.08. The summed E-state index contributed by atoms with van der Waals surface area (Å²) in [5.41, 5.74) is 0.0169. The Hall–Kier alpha value is -2.37. The molecule has 1 N–H and O–H groups in total. The number of nitrogens with zero attached hydrogens (tertiary/aromatic N) is 1. The van der Waals surface area contributed by atoms with E-state index in [1.807, 2.05) is 13.0 Å². The molecule has 1 aliphatic carbocycles. The predicted octanol–water partition coefficient (Wildman–Crippen LogP) is 3.04. The molecule has 1 spiro atoms. The smallest absolute Gasteiger partial charge is 0.331 e. The summed E-state index contributed by atoms with van der Waals surface area (Å²) >= 11 is 0. The zero-order valence-corrected chi connectivity index (χ0v) is 15.8. The maximum absolute atomic E-state index is 13.0. The highest BCUT2D eigenvalue weighted by atomic mass is 16.5. The molecule has 1 heterocycles. The van der Waals surface area contributed by atoms with Crippen LogP contribution in [0.5, 0.6) is 5.75 Å². The number of esters is 1. The zero-order chi connectivity index (χ0) is 19.1. The van der Waals surface area contributed by atoms with Gasteiger partial charge in [0.05, 0.1) is 0 Å². The predicted molar refractivity (Wildman–Crippen MR) is 96.6 cm³/mol. The monoisotopic (exact) mass is 358 g/mol. The second-order valence-corrected chi connectivity index (χ2v) is 8.55. The van der Waals surface area contributed by atoms with E-state index < -0.39 is 17.5 Å². The number of carbonyl (C=O) groups is 3. The van der Waals surface area contributed by atoms with E-state index in [0.717, 1.165) is 16.9 Å². The SMILES string of the molecule is Cc1cccc(OC(=O)CN2C(=O)N[C@@]3(C[C@H](C)CC(C)(C)C3)C2=O)c1. The van der Waals surface area contributed by atoms with E-state index in [-0.39, 0.29) is 17.9 Å². The average Bonchev–Trinajstić information content (AvgIpc) is 2.68. The van der Waals surface area contributed by atoms with Crippen LogP contribution in [0, 0.1) is 18.3 Å². The topological polar surface area (TPSA) is 75.7 Å². The van der Waals surface area contributed by atoms with Crippen molar-refractivity contribution in [3.8, 4) is 5.75 Å². The van der Waals surface area contributed by atoms with Crippen molar-refractivity contribution < 1.29 is 19.1 Å². The maximum Gasteiger partial charge on any atom is 0.331 e. The quantitative estimate of drug-likeness (QED) is 0.512. The molecule has 6 heteroatoms. The summed E-state index contributed by atoms with van der Waals surface area (Å²) in [6.45, 7) is 7.83. The first-order chi connectivity index (χ1) is 12.1. The van der Waals surface area contributed by atoms with Gasteiger partial charge in [-0.05, 0) is 55.2 Å². The first-order valence-electron chi connectivity index (χ1n) is 9.02. The summed E-state index contributed by atoms with van der Waals surface area (Å²) < 4.78 is 5.28. The largest absolute Gasteiger partial charge is 0.425 e. The highest BCUT2D eigenvalue weighted by Crippen LogP contribution is 2.46. The van der Waals surface area contributed by atoms with Crippen molar-refractivity contribution in [2.45, 2.75) is 52.5 Å². The number of hydrogen-bond donors (Lipinski definition) is 1. The summed E-state index contributed by atoms with van der Waals surface area (Å²) in [7, 11) is 0. The van der Waals surface area contributed by atoms with Crippen molar-refractivity contribution in [1.82, 2.24) is 10.2 Å². The molecule has 1 saturated carbocycles. The molecule has 3 rings (SSSR count). The molecule has 2 aliphatic rings. The molecule has 2 atom stereocenters. The van der Waals surface area contributed by atoms with Gasteiger partial charge in [0, 0.05) is 0 Å². The Kier molecular flexibility index (Phi) is 4.54. The molecule has 1 aliphatic heterocycles. The van der Waals surface area contributed by atoms with E-state index in [1.54, 1.807) is 18.2 Å². The Balaban J connectivity index is 1.72. The number of hydrogen-bond acceptors (Lipinski definition) is 4. The Labute approximate surface area is 153 Å². The molecule has 1 aromatic rings. The standard InChI is InChI=1S/C20H26N2O4/c1-13-6-5-7-15(8-13)26-16(23)11-22-17(24)20(21-18(22)25)10-14(2)9-19(3,4)12-20/h5-8,14H,9-12H2,1-4H3,(H,21,25)/t14-,20-/m1/s1. The lowest BCUT2D eigenvalue weighted by Crippen LogP contribution is -2.54. The van der Waals surface area contributed by atoms with Crippen molar-refractivity contribution >= 4 is 17.9 Å². The van der Waals surface area contributed by atoms with Crippen LogP contribution in [0.3, 0.4) is 0 Å². The Morgan fingerprint density at radius 1 is 1.31 bits per heavy atom. The number of urea groups is 1. The molecule has 3 amide bonds. The van der Waals surface area contributed by atoms with Gasteiger partial charge in [0.15, 0.2) is 0 Å². The number of aryl methyl sites for hydroxylation is 1. The third kappa shape index (κ3) is 3.59. The fourth-order valence-electron chi connectivity index (χ4n) is 4.62. The van der Waals surface area contributed by atoms with E-state index in [4.69, 9.17) is 4.74 Å². The van der Waals surface area contributed by atoms with Crippen molar-refractivity contribution in [3.63, 3.8) is 0 Å². The Morgan fingerprint density at radius 3 is 2.69 bits per heavy atom. The normalized spacial score (nSPS) is 27.5. The summed E-state index contributed by atoms with van der Waals surface area (Å²) in [5, 5.41) is 2.86. The van der Waals surface area contributed by atoms with Crippen LogP contribution in [0.25, 0.3) is 0 Å². The van der Waals surface area contributed by atoms with Gasteiger partial charge in [-0.1, -0.05) is 32.9 Å². The Morgan fingerprint density at radius 2 is 2.04 bits per heavy atom. The maximum atomic E-state index is 13.0. The molecule has 0 radical (unpaired) electrons. The number of carbonyl (C=O) groups excluding carboxylic acids is 3. The number of ether oxygens (including phenoxy) is 1. The molecule has 140 valence electrons. The van der Waals surface area contributed by atoms with Gasteiger partial charge in [-0.15, -0.1) is 0 Å². The van der Waals surface area contributed by atoms with Crippen LogP contribution in [0.15, 0.2) is 24.3 Å². The minimum atomic E-state index is -0.901. The zero-order valence-electron chi connectivity index (χ0n) is 15.8. The summed E-state index contributed by atoms with van der Waals surface area (Å²) in [6.07, 6.45) is 2.19. The van der Waals surface area contributed by atoms with Crippen LogP contribution >= 0.6 is 0 Å². The number of imide groups is 1. The lowest BCUT2D eigenvalue weighted by atomic mass is 9.64. The molecule has 26 heavy (non-hydrogen) atoms. The third-order valence-corrected chi connectivity index (χ3v) is 5.13. The minimum Gasteiger partial charge on any atom is -0.425 e. The van der Waals surface area contributed by atoms with Crippen molar-refractivity contribution in [3.05, 3.63) is 29.8 Å². The molecule has 0 bridgehead atoms. The van der Waals surface area contributed by atoms with Gasteiger partial charge in [0.1, 0.15) is 17.8 Å². The Bertz CT molecular complexity index is 758. The van der Waals surface area contributed by atoms with Crippen LogP contribution in [-0.2, 0) is 9.59 Å². The average molecular weight is 358 g/mol. The van der Waals surface area contributed by atoms with Gasteiger partial charge in [-0.25, -0.2) is 9.59 Å². The summed E-state index contributed by atoms with van der Waals surface area (Å²) in [6, 6.07) is 6.57. The van der Waals surface area contributed by atoms with Crippen LogP contribution < -0.4 is 10.1 Å². The van der Waals surface area contributed by atoms with Crippen molar-refractivity contribution in [2.24, 2.45) is 11.3 Å². The summed E-state index contributed by atoms with van der Waals surface area (Å²) in [4.78, 5) is 38.6. The molecular weight excluding hydrogens is 332 g/mol. The van der Waals surface area contributed by atoms with E-state index in [2.05, 4.69) is 26.1 Å². The van der Waals surface area contributed by atoms with Crippen LogP contribution in [0.1, 0.15) is 45.6 Å². The van der Waals surface area contributed by atoms with E-state index in [1.165, 1.54) is 0 Å². The number of rotatable bonds is 3. The van der Waals surface area contributed by atoms with E-state index in [0.29, 0.717) is 24.5 Å². The van der Waals surface area contributed by atoms with Gasteiger partial charge in [0.2, 0.25) is 0 Å². The number of amides is 3. The third-order valence-electron chi connectivity index (χ3n) is 5.13. The highest BCUT2D eigenvalue weighted by Gasteiger charge is 2.56. The molecule has 2 fully saturated rings. The van der Waals surface area contributed by atoms with Crippen LogP contribution in [0.4, 0.5) is 4.79 Å². The van der Waals surface area contributed by atoms with Crippen molar-refractivity contribution in [2.75, 3.05) is 6.54 Å². The number of nitrogens with one attached hydrogen (secondary N) is 1. The van der Waals surface area contributed by atoms with Crippen LogP contribution in [-0.4, -0.2) is 34.9 Å². The van der Waals surface area contributed by atoms with Gasteiger partial charge in [-0.3, -0.25) is 9.69 Å². The van der Waals surface area contributed by atoms with Crippen LogP contribution in [0.2, 0.25) is 0 Å². The number of benzene rings is 1. The molecule has 1 saturated heterocycles. The first kappa shape index (κ1) is 18.4. The molecule has 1 aromatic carbocycles. The van der Waals surface area contributed by atoms with E-state index >= 15 is 0 Å². The van der Waals surface area contributed by atoms with Gasteiger partial charge in [0.25, 0.3) is 5.91 Å². The molecule has 6 nitrogen and oxygen atoms in total. The lowest BCUT2D eigenvalue weighted by molar-refractivity contribution is -0.142. The van der Waals surface area contributed by atoms with Gasteiger partial charge < -0.3 is 10.1 Å². The molecule has 0 aromatic heterocycles. The first-order valence-corrected chi connectivity index (χ1v) is 9.02. The second-order valence-electron chi connectivity index (χ2n) is 8.55. The van der Waals surface area contributed by atoms with Gasteiger partial charge >= 0.3 is 12.0 Å². The minimum absolute atomic E-state index is 0.0430. The second kappa shape index (κ2) is 6.41. The van der Waals surface area contributed by atoms with Gasteiger partial charge in [-0.2, -0.15) is 0 Å². The van der Waals surface area contributed by atoms with Crippen molar-refractivity contribution in [1.29, 1.82) is 0 Å². The fourth-order valence-corrected chi connectivity index (χ4v) is 4.62. The summed E-state index contributed by atoms with van der Waals surface area (Å²) in [5.74, 6) is -0.214. The lowest BCUT2D eigenvalue weighted by Gasteiger charge is -2.43. The molecule has 0 unspecified atom stereocenters. The fraction of sp³-hybridized carbons (Fsp3) is 0.550.